The maximum atomic E-state index is 10.5. The smallest absolute Gasteiger partial charge is 0.0788 e. The van der Waals surface area contributed by atoms with Crippen LogP contribution in [-0.2, 0) is 0 Å². The molecule has 3 rings (SSSR count). The fourth-order valence-corrected chi connectivity index (χ4v) is 3.18. The molecule has 2 atom stereocenters. The molecule has 2 nitrogen and oxygen atoms in total. The van der Waals surface area contributed by atoms with Gasteiger partial charge in [-0.05, 0) is 30.2 Å². The zero-order chi connectivity index (χ0) is 13.9. The minimum atomic E-state index is -0.301. The zero-order valence-corrected chi connectivity index (χ0v) is 11.9. The van der Waals surface area contributed by atoms with E-state index in [-0.39, 0.29) is 12.0 Å². The third-order valence-corrected chi connectivity index (χ3v) is 4.13. The van der Waals surface area contributed by atoms with E-state index in [0.29, 0.717) is 6.54 Å². The number of para-hydroxylation sites is 2. The Morgan fingerprint density at radius 2 is 1.75 bits per heavy atom. The van der Waals surface area contributed by atoms with Gasteiger partial charge in [0.25, 0.3) is 0 Å². The molecule has 0 bridgehead atoms. The van der Waals surface area contributed by atoms with Crippen LogP contribution in [0.2, 0.25) is 0 Å². The Morgan fingerprint density at radius 1 is 1.05 bits per heavy atom. The SMILES string of the molecule is CCC[C@@H]1c2ccccc2N(c2ccccc2)C[C@H]1O. The molecule has 1 heterocycles. The van der Waals surface area contributed by atoms with Crippen molar-refractivity contribution >= 4 is 11.4 Å². The van der Waals surface area contributed by atoms with Gasteiger partial charge in [0.1, 0.15) is 0 Å². The number of fused-ring (bicyclic) bond motifs is 1. The van der Waals surface area contributed by atoms with Crippen LogP contribution in [0.5, 0.6) is 0 Å². The second kappa shape index (κ2) is 5.68. The number of nitrogens with zero attached hydrogens (tertiary/aromatic N) is 1. The number of hydrogen-bond acceptors (Lipinski definition) is 2. The van der Waals surface area contributed by atoms with Crippen LogP contribution >= 0.6 is 0 Å². The number of aliphatic hydroxyl groups is 1. The van der Waals surface area contributed by atoms with Gasteiger partial charge in [-0.1, -0.05) is 49.7 Å². The summed E-state index contributed by atoms with van der Waals surface area (Å²) < 4.78 is 0. The molecule has 0 radical (unpaired) electrons. The molecule has 0 amide bonds. The fourth-order valence-electron chi connectivity index (χ4n) is 3.18. The predicted molar refractivity (Wildman–Crippen MR) is 83.5 cm³/mol. The molecule has 0 spiro atoms. The van der Waals surface area contributed by atoms with E-state index in [1.54, 1.807) is 0 Å². The lowest BCUT2D eigenvalue weighted by Gasteiger charge is -2.39. The maximum Gasteiger partial charge on any atom is 0.0788 e. The topological polar surface area (TPSA) is 23.5 Å². The summed E-state index contributed by atoms with van der Waals surface area (Å²) in [6.45, 7) is 2.85. The molecule has 2 aromatic carbocycles. The molecule has 2 heteroatoms. The second-order valence-electron chi connectivity index (χ2n) is 5.47. The van der Waals surface area contributed by atoms with Gasteiger partial charge in [0.05, 0.1) is 6.10 Å². The van der Waals surface area contributed by atoms with Crippen LogP contribution in [0.1, 0.15) is 31.2 Å². The number of benzene rings is 2. The highest BCUT2D eigenvalue weighted by molar-refractivity contribution is 5.69. The van der Waals surface area contributed by atoms with E-state index in [2.05, 4.69) is 48.2 Å². The first-order chi connectivity index (χ1) is 9.81. The summed E-state index contributed by atoms with van der Waals surface area (Å²) in [5, 5.41) is 10.5. The zero-order valence-electron chi connectivity index (χ0n) is 11.9. The van der Waals surface area contributed by atoms with Crippen molar-refractivity contribution in [2.45, 2.75) is 31.8 Å². The minimum absolute atomic E-state index is 0.260. The third-order valence-electron chi connectivity index (χ3n) is 4.13. The largest absolute Gasteiger partial charge is 0.391 e. The standard InChI is InChI=1S/C18H21NO/c1-2-8-16-15-11-6-7-12-17(15)19(13-18(16)20)14-9-4-3-5-10-14/h3-7,9-12,16,18,20H,2,8,13H2,1H3/t16-,18-/m1/s1. The van der Waals surface area contributed by atoms with E-state index in [4.69, 9.17) is 0 Å². The van der Waals surface area contributed by atoms with E-state index in [0.717, 1.165) is 18.5 Å². The third kappa shape index (κ3) is 2.32. The first-order valence-electron chi connectivity index (χ1n) is 7.41. The molecule has 0 saturated heterocycles. The second-order valence-corrected chi connectivity index (χ2v) is 5.47. The van der Waals surface area contributed by atoms with Crippen molar-refractivity contribution in [2.75, 3.05) is 11.4 Å². The van der Waals surface area contributed by atoms with E-state index in [9.17, 15) is 5.11 Å². The van der Waals surface area contributed by atoms with Crippen LogP contribution in [0.25, 0.3) is 0 Å². The first-order valence-corrected chi connectivity index (χ1v) is 7.41. The predicted octanol–water partition coefficient (Wildman–Crippen LogP) is 4.08. The number of anilines is 2. The number of aliphatic hydroxyl groups excluding tert-OH is 1. The van der Waals surface area contributed by atoms with Crippen LogP contribution in [0.4, 0.5) is 11.4 Å². The van der Waals surface area contributed by atoms with E-state index in [1.807, 2.05) is 18.2 Å². The van der Waals surface area contributed by atoms with Crippen LogP contribution in [0.15, 0.2) is 54.6 Å². The Balaban J connectivity index is 2.04. The summed E-state index contributed by atoms with van der Waals surface area (Å²) in [4.78, 5) is 2.23. The molecule has 20 heavy (non-hydrogen) atoms. The van der Waals surface area contributed by atoms with Crippen molar-refractivity contribution in [2.24, 2.45) is 0 Å². The molecule has 1 aliphatic rings. The number of rotatable bonds is 3. The number of β-amino-alcohol motifs (C(OH)–C–C–N with tert-alkyl or cyclic N) is 1. The number of hydrogen-bond donors (Lipinski definition) is 1. The summed E-state index contributed by atoms with van der Waals surface area (Å²) in [5.74, 6) is 0.260. The molecule has 2 aromatic rings. The normalized spacial score (nSPS) is 21.6. The molecular formula is C18H21NO. The molecule has 0 saturated carbocycles. The Morgan fingerprint density at radius 3 is 2.50 bits per heavy atom. The molecular weight excluding hydrogens is 246 g/mol. The van der Waals surface area contributed by atoms with Gasteiger partial charge in [-0.15, -0.1) is 0 Å². The lowest BCUT2D eigenvalue weighted by molar-refractivity contribution is 0.140. The summed E-state index contributed by atoms with van der Waals surface area (Å²) in [7, 11) is 0. The van der Waals surface area contributed by atoms with Gasteiger partial charge in [-0.25, -0.2) is 0 Å². The molecule has 0 unspecified atom stereocenters. The quantitative estimate of drug-likeness (QED) is 0.905. The first kappa shape index (κ1) is 13.2. The van der Waals surface area contributed by atoms with Gasteiger partial charge in [0.15, 0.2) is 0 Å². The van der Waals surface area contributed by atoms with Crippen LogP contribution in [0.3, 0.4) is 0 Å². The van der Waals surface area contributed by atoms with Crippen molar-refractivity contribution < 1.29 is 5.11 Å². The summed E-state index contributed by atoms with van der Waals surface area (Å²) >= 11 is 0. The molecule has 0 fully saturated rings. The lowest BCUT2D eigenvalue weighted by Crippen LogP contribution is -2.38. The van der Waals surface area contributed by atoms with Gasteiger partial charge in [-0.2, -0.15) is 0 Å². The van der Waals surface area contributed by atoms with Crippen LogP contribution in [-0.4, -0.2) is 17.8 Å². The molecule has 0 aliphatic carbocycles. The van der Waals surface area contributed by atoms with Gasteiger partial charge < -0.3 is 10.0 Å². The molecule has 1 N–H and O–H groups in total. The van der Waals surface area contributed by atoms with E-state index < -0.39 is 0 Å². The Hall–Kier alpha value is -1.80. The van der Waals surface area contributed by atoms with Gasteiger partial charge in [0.2, 0.25) is 0 Å². The minimum Gasteiger partial charge on any atom is -0.391 e. The summed E-state index contributed by atoms with van der Waals surface area (Å²) in [6, 6.07) is 18.8. The molecule has 104 valence electrons. The van der Waals surface area contributed by atoms with Gasteiger partial charge in [0, 0.05) is 23.8 Å². The van der Waals surface area contributed by atoms with E-state index >= 15 is 0 Å². The van der Waals surface area contributed by atoms with Crippen molar-refractivity contribution in [3.05, 3.63) is 60.2 Å². The van der Waals surface area contributed by atoms with Crippen LogP contribution < -0.4 is 4.90 Å². The van der Waals surface area contributed by atoms with Crippen molar-refractivity contribution in [1.29, 1.82) is 0 Å². The maximum absolute atomic E-state index is 10.5. The Bertz CT molecular complexity index is 567. The fraction of sp³-hybridized carbons (Fsp3) is 0.333. The molecule has 1 aliphatic heterocycles. The van der Waals surface area contributed by atoms with Crippen molar-refractivity contribution in [1.82, 2.24) is 0 Å². The average Bonchev–Trinajstić information content (AvgIpc) is 2.51. The average molecular weight is 267 g/mol. The summed E-state index contributed by atoms with van der Waals surface area (Å²) in [6.07, 6.45) is 1.84. The lowest BCUT2D eigenvalue weighted by atomic mass is 9.84. The highest BCUT2D eigenvalue weighted by Crippen LogP contribution is 2.41. The van der Waals surface area contributed by atoms with E-state index in [1.165, 1.54) is 11.3 Å². The highest BCUT2D eigenvalue weighted by Gasteiger charge is 2.31. The monoisotopic (exact) mass is 267 g/mol. The van der Waals surface area contributed by atoms with Crippen molar-refractivity contribution in [3.8, 4) is 0 Å². The van der Waals surface area contributed by atoms with Crippen molar-refractivity contribution in [3.63, 3.8) is 0 Å². The summed E-state index contributed by atoms with van der Waals surface area (Å²) in [5.41, 5.74) is 3.66. The highest BCUT2D eigenvalue weighted by atomic mass is 16.3. The van der Waals surface area contributed by atoms with Crippen LogP contribution in [0, 0.1) is 0 Å². The van der Waals surface area contributed by atoms with Gasteiger partial charge in [-0.3, -0.25) is 0 Å². The molecule has 0 aromatic heterocycles. The Kier molecular flexibility index (Phi) is 3.75. The Labute approximate surface area is 120 Å². The van der Waals surface area contributed by atoms with Gasteiger partial charge >= 0.3 is 0 Å².